The average molecular weight is 384 g/mol. The van der Waals surface area contributed by atoms with Crippen LogP contribution in [0.5, 0.6) is 0 Å². The maximum absolute atomic E-state index is 9.91. The molecule has 3 aromatic rings. The first kappa shape index (κ1) is 18.1. The summed E-state index contributed by atoms with van der Waals surface area (Å²) in [6.07, 6.45) is 1.28. The quantitative estimate of drug-likeness (QED) is 0.733. The minimum Gasteiger partial charge on any atom is -0.393 e. The second kappa shape index (κ2) is 8.17. The van der Waals surface area contributed by atoms with Gasteiger partial charge in [-0.3, -0.25) is 4.90 Å². The Labute approximate surface area is 163 Å². The van der Waals surface area contributed by atoms with Crippen LogP contribution >= 0.6 is 11.6 Å². The van der Waals surface area contributed by atoms with Gasteiger partial charge in [0, 0.05) is 18.1 Å². The molecule has 1 aliphatic heterocycles. The lowest BCUT2D eigenvalue weighted by Crippen LogP contribution is -2.40. The van der Waals surface area contributed by atoms with Gasteiger partial charge in [0.25, 0.3) is 0 Å². The van der Waals surface area contributed by atoms with E-state index in [0.717, 1.165) is 42.9 Å². The zero-order valence-corrected chi connectivity index (χ0v) is 15.7. The van der Waals surface area contributed by atoms with Crippen molar-refractivity contribution in [2.24, 2.45) is 0 Å². The van der Waals surface area contributed by atoms with Crippen molar-refractivity contribution in [1.82, 2.24) is 25.1 Å². The molecule has 0 aliphatic carbocycles. The molecule has 2 heterocycles. The third-order valence-corrected chi connectivity index (χ3v) is 5.28. The molecule has 27 heavy (non-hydrogen) atoms. The van der Waals surface area contributed by atoms with Crippen LogP contribution in [0.2, 0.25) is 5.02 Å². The third-order valence-electron chi connectivity index (χ3n) is 5.03. The molecule has 1 fully saturated rings. The molecule has 0 bridgehead atoms. The molecule has 6 nitrogen and oxygen atoms in total. The van der Waals surface area contributed by atoms with Gasteiger partial charge in [-0.15, -0.1) is 5.10 Å². The maximum Gasteiger partial charge on any atom is 0.173 e. The zero-order valence-electron chi connectivity index (χ0n) is 14.9. The summed E-state index contributed by atoms with van der Waals surface area (Å²) in [5.74, 6) is 0.803. The fraction of sp³-hybridized carbons (Fsp3) is 0.350. The summed E-state index contributed by atoms with van der Waals surface area (Å²) in [7, 11) is 0. The van der Waals surface area contributed by atoms with Gasteiger partial charge in [0.15, 0.2) is 5.82 Å². The first-order valence-corrected chi connectivity index (χ1v) is 9.56. The molecule has 1 atom stereocenters. The van der Waals surface area contributed by atoms with Crippen LogP contribution in [0.1, 0.15) is 35.8 Å². The van der Waals surface area contributed by atoms with E-state index in [4.69, 9.17) is 11.6 Å². The van der Waals surface area contributed by atoms with Crippen LogP contribution in [-0.2, 0) is 6.54 Å². The van der Waals surface area contributed by atoms with Gasteiger partial charge in [0.1, 0.15) is 0 Å². The Balaban J connectivity index is 1.69. The second-order valence-corrected chi connectivity index (χ2v) is 7.34. The van der Waals surface area contributed by atoms with E-state index >= 15 is 0 Å². The van der Waals surface area contributed by atoms with Crippen LogP contribution in [-0.4, -0.2) is 49.4 Å². The third kappa shape index (κ3) is 4.18. The summed E-state index contributed by atoms with van der Waals surface area (Å²) in [6, 6.07) is 17.9. The Kier molecular flexibility index (Phi) is 5.48. The lowest BCUT2D eigenvalue weighted by atomic mass is 10.00. The van der Waals surface area contributed by atoms with Gasteiger partial charge in [-0.1, -0.05) is 54.1 Å². The molecule has 7 heteroatoms. The minimum absolute atomic E-state index is 0.0755. The van der Waals surface area contributed by atoms with Gasteiger partial charge in [-0.25, -0.2) is 4.68 Å². The summed E-state index contributed by atoms with van der Waals surface area (Å²) in [5, 5.41) is 23.2. The average Bonchev–Trinajstić information content (AvgIpc) is 3.13. The van der Waals surface area contributed by atoms with Crippen LogP contribution in [0.15, 0.2) is 54.6 Å². The number of aliphatic hydroxyl groups excluding tert-OH is 1. The second-order valence-electron chi connectivity index (χ2n) is 6.90. The zero-order chi connectivity index (χ0) is 18.6. The number of likely N-dealkylation sites (tertiary alicyclic amines) is 1. The molecular formula is C20H22ClN5O. The molecule has 1 saturated heterocycles. The number of aromatic nitrogens is 4. The maximum atomic E-state index is 9.91. The number of hydrogen-bond acceptors (Lipinski definition) is 5. The van der Waals surface area contributed by atoms with E-state index in [2.05, 4.69) is 32.6 Å². The number of rotatable bonds is 5. The van der Waals surface area contributed by atoms with Crippen LogP contribution in [0, 0.1) is 0 Å². The summed E-state index contributed by atoms with van der Waals surface area (Å²) in [4.78, 5) is 2.34. The number of piperidine rings is 1. The fourth-order valence-corrected chi connectivity index (χ4v) is 3.71. The van der Waals surface area contributed by atoms with Crippen molar-refractivity contribution in [1.29, 1.82) is 0 Å². The smallest absolute Gasteiger partial charge is 0.173 e. The van der Waals surface area contributed by atoms with Gasteiger partial charge in [-0.05, 0) is 46.5 Å². The van der Waals surface area contributed by atoms with E-state index in [1.165, 1.54) is 0 Å². The first-order chi connectivity index (χ1) is 13.2. The van der Waals surface area contributed by atoms with Gasteiger partial charge >= 0.3 is 0 Å². The van der Waals surface area contributed by atoms with Crippen LogP contribution in [0.25, 0.3) is 0 Å². The number of nitrogens with zero attached hydrogens (tertiary/aromatic N) is 5. The Morgan fingerprint density at radius 3 is 2.44 bits per heavy atom. The van der Waals surface area contributed by atoms with Gasteiger partial charge in [0.05, 0.1) is 18.7 Å². The van der Waals surface area contributed by atoms with Crippen LogP contribution in [0.3, 0.4) is 0 Å². The van der Waals surface area contributed by atoms with E-state index in [1.807, 2.05) is 47.1 Å². The molecule has 0 saturated carbocycles. The Bertz CT molecular complexity index is 860. The molecule has 1 aliphatic rings. The Morgan fingerprint density at radius 1 is 1.04 bits per heavy atom. The first-order valence-electron chi connectivity index (χ1n) is 9.18. The van der Waals surface area contributed by atoms with Crippen molar-refractivity contribution >= 4 is 11.6 Å². The minimum atomic E-state index is -0.229. The van der Waals surface area contributed by atoms with Crippen molar-refractivity contribution in [3.63, 3.8) is 0 Å². The molecule has 1 aromatic heterocycles. The van der Waals surface area contributed by atoms with Crippen molar-refractivity contribution in [3.8, 4) is 0 Å². The van der Waals surface area contributed by atoms with E-state index < -0.39 is 0 Å². The molecular weight excluding hydrogens is 362 g/mol. The number of halogens is 1. The predicted octanol–water partition coefficient (Wildman–Crippen LogP) is 2.92. The van der Waals surface area contributed by atoms with Crippen LogP contribution in [0.4, 0.5) is 0 Å². The number of tetrazole rings is 1. The summed E-state index contributed by atoms with van der Waals surface area (Å²) in [6.45, 7) is 2.21. The Hall–Kier alpha value is -2.28. The normalized spacial score (nSPS) is 17.1. The van der Waals surface area contributed by atoms with Crippen molar-refractivity contribution in [3.05, 3.63) is 76.6 Å². The fourth-order valence-electron chi connectivity index (χ4n) is 3.59. The lowest BCUT2D eigenvalue weighted by Gasteiger charge is -2.35. The topological polar surface area (TPSA) is 67.1 Å². The standard InChI is InChI=1S/C20H22ClN5O/c21-17-8-6-16(7-9-17)19(25-12-10-18(27)11-13-25)20-22-23-24-26(20)14-15-4-2-1-3-5-15/h1-9,18-19,27H,10-14H2/t19-/m1/s1. The highest BCUT2D eigenvalue weighted by molar-refractivity contribution is 6.30. The lowest BCUT2D eigenvalue weighted by molar-refractivity contribution is 0.0662. The van der Waals surface area contributed by atoms with Gasteiger partial charge in [0.2, 0.25) is 0 Å². The number of aliphatic hydroxyl groups is 1. The van der Waals surface area contributed by atoms with Crippen molar-refractivity contribution in [2.75, 3.05) is 13.1 Å². The highest BCUT2D eigenvalue weighted by Gasteiger charge is 2.30. The molecule has 0 radical (unpaired) electrons. The predicted molar refractivity (Wildman–Crippen MR) is 103 cm³/mol. The van der Waals surface area contributed by atoms with E-state index in [9.17, 15) is 5.11 Å². The molecule has 0 unspecified atom stereocenters. The number of benzene rings is 2. The van der Waals surface area contributed by atoms with E-state index in [-0.39, 0.29) is 12.1 Å². The summed E-state index contributed by atoms with van der Waals surface area (Å²) >= 11 is 6.09. The molecule has 2 aromatic carbocycles. The highest BCUT2D eigenvalue weighted by atomic mass is 35.5. The van der Waals surface area contributed by atoms with Crippen molar-refractivity contribution in [2.45, 2.75) is 31.5 Å². The molecule has 0 amide bonds. The summed E-state index contributed by atoms with van der Waals surface area (Å²) < 4.78 is 1.86. The van der Waals surface area contributed by atoms with E-state index in [0.29, 0.717) is 11.6 Å². The molecule has 0 spiro atoms. The summed E-state index contributed by atoms with van der Waals surface area (Å²) in [5.41, 5.74) is 2.25. The van der Waals surface area contributed by atoms with E-state index in [1.54, 1.807) is 0 Å². The Morgan fingerprint density at radius 2 is 1.74 bits per heavy atom. The monoisotopic (exact) mass is 383 g/mol. The highest BCUT2D eigenvalue weighted by Crippen LogP contribution is 2.30. The number of hydrogen-bond donors (Lipinski definition) is 1. The van der Waals surface area contributed by atoms with Crippen LogP contribution < -0.4 is 0 Å². The SMILES string of the molecule is OC1CCN([C@H](c2ccc(Cl)cc2)c2nnnn2Cc2ccccc2)CC1. The van der Waals surface area contributed by atoms with Gasteiger partial charge < -0.3 is 5.11 Å². The van der Waals surface area contributed by atoms with Gasteiger partial charge in [-0.2, -0.15) is 0 Å². The molecule has 140 valence electrons. The molecule has 4 rings (SSSR count). The molecule has 1 N–H and O–H groups in total. The van der Waals surface area contributed by atoms with Crippen molar-refractivity contribution < 1.29 is 5.11 Å². The largest absolute Gasteiger partial charge is 0.393 e.